The van der Waals surface area contributed by atoms with Crippen LogP contribution in [0.5, 0.6) is 0 Å². The van der Waals surface area contributed by atoms with Crippen LogP contribution >= 0.6 is 11.3 Å². The maximum absolute atomic E-state index is 5.29. The van der Waals surface area contributed by atoms with E-state index in [2.05, 4.69) is 187 Å². The van der Waals surface area contributed by atoms with Gasteiger partial charge in [0.05, 0.1) is 11.0 Å². The van der Waals surface area contributed by atoms with Crippen LogP contribution in [0.25, 0.3) is 115 Å². The van der Waals surface area contributed by atoms with E-state index in [0.717, 1.165) is 44.6 Å². The molecular formula is C57H36N4S. The number of benzene rings is 9. The molecule has 12 rings (SSSR count). The summed E-state index contributed by atoms with van der Waals surface area (Å²) >= 11 is 1.85. The lowest BCUT2D eigenvalue weighted by molar-refractivity contribution is 1.07. The van der Waals surface area contributed by atoms with Gasteiger partial charge in [0, 0.05) is 58.9 Å². The van der Waals surface area contributed by atoms with Crippen molar-refractivity contribution in [1.82, 2.24) is 19.5 Å². The Morgan fingerprint density at radius 2 is 0.871 bits per heavy atom. The van der Waals surface area contributed by atoms with E-state index in [9.17, 15) is 0 Å². The van der Waals surface area contributed by atoms with Gasteiger partial charge in [-0.15, -0.1) is 11.3 Å². The maximum atomic E-state index is 5.29. The molecule has 0 spiro atoms. The minimum absolute atomic E-state index is 0.625. The summed E-state index contributed by atoms with van der Waals surface area (Å²) in [5.41, 5.74) is 13.1. The van der Waals surface area contributed by atoms with Crippen molar-refractivity contribution in [3.05, 3.63) is 218 Å². The van der Waals surface area contributed by atoms with E-state index in [-0.39, 0.29) is 0 Å². The van der Waals surface area contributed by atoms with Crippen LogP contribution in [0.3, 0.4) is 0 Å². The molecule has 0 N–H and O–H groups in total. The summed E-state index contributed by atoms with van der Waals surface area (Å²) in [7, 11) is 0. The summed E-state index contributed by atoms with van der Waals surface area (Å²) in [4.78, 5) is 15.6. The van der Waals surface area contributed by atoms with Crippen LogP contribution in [0.1, 0.15) is 0 Å². The molecule has 5 heteroatoms. The second-order valence-electron chi connectivity index (χ2n) is 15.6. The summed E-state index contributed by atoms with van der Waals surface area (Å²) in [6, 6.07) is 77.4. The minimum Gasteiger partial charge on any atom is -0.309 e. The molecule has 0 bridgehead atoms. The Bertz CT molecular complexity index is 3560. The molecule has 0 aliphatic rings. The van der Waals surface area contributed by atoms with Gasteiger partial charge in [-0.25, -0.2) is 15.0 Å². The van der Waals surface area contributed by atoms with Crippen LogP contribution in [0.4, 0.5) is 0 Å². The topological polar surface area (TPSA) is 43.6 Å². The summed E-state index contributed by atoms with van der Waals surface area (Å²) in [5.74, 6) is 1.89. The van der Waals surface area contributed by atoms with E-state index in [1.165, 1.54) is 53.1 Å². The summed E-state index contributed by atoms with van der Waals surface area (Å²) in [6.07, 6.45) is 0. The Balaban J connectivity index is 1.12. The molecule has 62 heavy (non-hydrogen) atoms. The van der Waals surface area contributed by atoms with E-state index in [4.69, 9.17) is 15.0 Å². The molecule has 0 saturated heterocycles. The summed E-state index contributed by atoms with van der Waals surface area (Å²) in [6.45, 7) is 0. The highest BCUT2D eigenvalue weighted by Gasteiger charge is 2.22. The summed E-state index contributed by atoms with van der Waals surface area (Å²) < 4.78 is 4.88. The van der Waals surface area contributed by atoms with Gasteiger partial charge in [-0.2, -0.15) is 0 Å². The molecule has 290 valence electrons. The van der Waals surface area contributed by atoms with E-state index in [1.807, 2.05) is 47.7 Å². The number of fused-ring (bicyclic) bond motifs is 7. The highest BCUT2D eigenvalue weighted by molar-refractivity contribution is 7.26. The first-order valence-corrected chi connectivity index (χ1v) is 21.7. The molecule has 3 aromatic heterocycles. The zero-order chi connectivity index (χ0) is 41.0. The number of hydrogen-bond donors (Lipinski definition) is 0. The fourth-order valence-electron chi connectivity index (χ4n) is 9.00. The number of rotatable bonds is 7. The van der Waals surface area contributed by atoms with Gasteiger partial charge < -0.3 is 4.57 Å². The highest BCUT2D eigenvalue weighted by Crippen LogP contribution is 2.48. The number of nitrogens with zero attached hydrogens (tertiary/aromatic N) is 4. The largest absolute Gasteiger partial charge is 0.309 e. The van der Waals surface area contributed by atoms with Crippen LogP contribution in [-0.4, -0.2) is 19.5 Å². The number of aromatic nitrogens is 4. The third-order valence-corrected chi connectivity index (χ3v) is 13.1. The predicted molar refractivity (Wildman–Crippen MR) is 260 cm³/mol. The summed E-state index contributed by atoms with van der Waals surface area (Å²) in [5, 5.41) is 5.04. The zero-order valence-corrected chi connectivity index (χ0v) is 34.3. The quantitative estimate of drug-likeness (QED) is 0.161. The molecule has 9 aromatic carbocycles. The smallest absolute Gasteiger partial charge is 0.164 e. The Morgan fingerprint density at radius 1 is 0.323 bits per heavy atom. The SMILES string of the molecule is c1ccc(-c2cccc(-c3ccc(-c4cccc5c4sc4ccc6c(c7ccccc7n6-c6ccccc6)c45)c(-c4nc(-c5ccccc5)nc(-c5ccccc5)n4)c3)c2)cc1. The third kappa shape index (κ3) is 6.09. The third-order valence-electron chi connectivity index (χ3n) is 11.9. The fourth-order valence-corrected chi connectivity index (χ4v) is 10.2. The number of hydrogen-bond acceptors (Lipinski definition) is 4. The Morgan fingerprint density at radius 3 is 1.58 bits per heavy atom. The molecule has 0 radical (unpaired) electrons. The van der Waals surface area contributed by atoms with Gasteiger partial charge in [0.25, 0.3) is 0 Å². The second kappa shape index (κ2) is 14.9. The average Bonchev–Trinajstić information content (AvgIpc) is 3.91. The van der Waals surface area contributed by atoms with Crippen molar-refractivity contribution in [3.63, 3.8) is 0 Å². The predicted octanol–water partition coefficient (Wildman–Crippen LogP) is 15.3. The van der Waals surface area contributed by atoms with Crippen molar-refractivity contribution in [2.24, 2.45) is 0 Å². The molecule has 0 saturated carbocycles. The lowest BCUT2D eigenvalue weighted by atomic mass is 9.92. The molecule has 12 aromatic rings. The highest BCUT2D eigenvalue weighted by atomic mass is 32.1. The van der Waals surface area contributed by atoms with Crippen LogP contribution in [0.2, 0.25) is 0 Å². The molecule has 0 aliphatic carbocycles. The number of thiophene rings is 1. The average molecular weight is 809 g/mol. The molecule has 0 aliphatic heterocycles. The van der Waals surface area contributed by atoms with Gasteiger partial charge in [-0.3, -0.25) is 0 Å². The normalized spacial score (nSPS) is 11.5. The first-order chi connectivity index (χ1) is 30.7. The van der Waals surface area contributed by atoms with Crippen LogP contribution in [0.15, 0.2) is 218 Å². The lowest BCUT2D eigenvalue weighted by Gasteiger charge is -2.15. The van der Waals surface area contributed by atoms with Crippen molar-refractivity contribution in [3.8, 4) is 73.2 Å². The van der Waals surface area contributed by atoms with Gasteiger partial charge in [-0.1, -0.05) is 176 Å². The van der Waals surface area contributed by atoms with Crippen LogP contribution in [0, 0.1) is 0 Å². The molecule has 0 unspecified atom stereocenters. The van der Waals surface area contributed by atoms with Crippen molar-refractivity contribution in [1.29, 1.82) is 0 Å². The monoisotopic (exact) mass is 808 g/mol. The molecular weight excluding hydrogens is 773 g/mol. The van der Waals surface area contributed by atoms with Gasteiger partial charge >= 0.3 is 0 Å². The first-order valence-electron chi connectivity index (χ1n) is 20.9. The molecule has 4 nitrogen and oxygen atoms in total. The Labute approximate surface area is 362 Å². The second-order valence-corrected chi connectivity index (χ2v) is 16.6. The Hall–Kier alpha value is -7.99. The molecule has 0 atom stereocenters. The van der Waals surface area contributed by atoms with E-state index < -0.39 is 0 Å². The van der Waals surface area contributed by atoms with Crippen molar-refractivity contribution in [2.45, 2.75) is 0 Å². The lowest BCUT2D eigenvalue weighted by Crippen LogP contribution is -2.01. The van der Waals surface area contributed by atoms with Crippen LogP contribution < -0.4 is 0 Å². The molecule has 0 fully saturated rings. The van der Waals surface area contributed by atoms with Crippen molar-refractivity contribution < 1.29 is 0 Å². The minimum atomic E-state index is 0.625. The van der Waals surface area contributed by atoms with Gasteiger partial charge in [-0.05, 0) is 70.3 Å². The first kappa shape index (κ1) is 35.9. The van der Waals surface area contributed by atoms with Gasteiger partial charge in [0.15, 0.2) is 17.5 Å². The van der Waals surface area contributed by atoms with Gasteiger partial charge in [0.2, 0.25) is 0 Å². The van der Waals surface area contributed by atoms with E-state index >= 15 is 0 Å². The molecule has 3 heterocycles. The zero-order valence-electron chi connectivity index (χ0n) is 33.5. The number of para-hydroxylation sites is 2. The molecule has 0 amide bonds. The standard InChI is InChI=1S/C57H36N4S/c1-5-17-37(18-6-1)40-23-15-24-41(35-40)42-31-32-44(48(36-42)57-59-55(38-19-7-2-8-20-38)58-56(60-57)39-21-9-3-10-22-39)45-28-16-29-47-53-51(62-54(45)47)34-33-50-52(53)46-27-13-14-30-49(46)61(50)43-25-11-4-12-26-43/h1-36H. The van der Waals surface area contributed by atoms with E-state index in [1.54, 1.807) is 0 Å². The van der Waals surface area contributed by atoms with Crippen molar-refractivity contribution >= 4 is 53.3 Å². The van der Waals surface area contributed by atoms with E-state index in [0.29, 0.717) is 17.5 Å². The fraction of sp³-hybridized carbons (Fsp3) is 0. The van der Waals surface area contributed by atoms with Crippen LogP contribution in [-0.2, 0) is 0 Å². The van der Waals surface area contributed by atoms with Gasteiger partial charge in [0.1, 0.15) is 0 Å². The Kier molecular flexibility index (Phi) is 8.65. The van der Waals surface area contributed by atoms with Crippen molar-refractivity contribution in [2.75, 3.05) is 0 Å². The maximum Gasteiger partial charge on any atom is 0.164 e.